The van der Waals surface area contributed by atoms with Gasteiger partial charge in [-0.2, -0.15) is 5.10 Å². The molecule has 0 saturated carbocycles. The van der Waals surface area contributed by atoms with Crippen LogP contribution in [-0.2, 0) is 13.6 Å². The predicted molar refractivity (Wildman–Crippen MR) is 121 cm³/mol. The first-order valence-corrected chi connectivity index (χ1v) is 9.20. The zero-order valence-electron chi connectivity index (χ0n) is 16.6. The maximum absolute atomic E-state index is 4.47. The lowest BCUT2D eigenvalue weighted by Gasteiger charge is -2.33. The van der Waals surface area contributed by atoms with Gasteiger partial charge in [0.15, 0.2) is 5.96 Å². The Hall–Kier alpha value is -1.84. The number of nitrogens with one attached hydrogen (secondary N) is 2. The molecule has 2 aromatic rings. The SMILES string of the molecule is CN=C(NCc1c(C)nn(C)c1C)NC1CCN(c2ccccn2)CC1.I. The van der Waals surface area contributed by atoms with Crippen LogP contribution in [0.1, 0.15) is 29.8 Å². The molecule has 27 heavy (non-hydrogen) atoms. The lowest BCUT2D eigenvalue weighted by atomic mass is 10.1. The molecule has 1 saturated heterocycles. The monoisotopic (exact) mass is 483 g/mol. The molecular weight excluding hydrogens is 453 g/mol. The molecule has 1 fully saturated rings. The van der Waals surface area contributed by atoms with Gasteiger partial charge < -0.3 is 15.5 Å². The van der Waals surface area contributed by atoms with Crippen LogP contribution in [-0.4, -0.2) is 46.9 Å². The van der Waals surface area contributed by atoms with Crippen molar-refractivity contribution in [2.24, 2.45) is 12.0 Å². The molecule has 7 nitrogen and oxygen atoms in total. The Labute approximate surface area is 178 Å². The minimum atomic E-state index is 0. The molecular formula is C19H30IN7. The summed E-state index contributed by atoms with van der Waals surface area (Å²) >= 11 is 0. The number of piperidine rings is 1. The summed E-state index contributed by atoms with van der Waals surface area (Å²) in [4.78, 5) is 11.2. The molecule has 2 aromatic heterocycles. The van der Waals surface area contributed by atoms with E-state index in [2.05, 4.69) is 43.6 Å². The number of guanidine groups is 1. The zero-order chi connectivity index (χ0) is 18.5. The van der Waals surface area contributed by atoms with Crippen molar-refractivity contribution >= 4 is 35.8 Å². The largest absolute Gasteiger partial charge is 0.356 e. The van der Waals surface area contributed by atoms with E-state index in [1.165, 1.54) is 11.3 Å². The molecule has 3 heterocycles. The average molecular weight is 483 g/mol. The Bertz CT molecular complexity index is 749. The predicted octanol–water partition coefficient (Wildman–Crippen LogP) is 2.38. The Morgan fingerprint density at radius 1 is 1.26 bits per heavy atom. The van der Waals surface area contributed by atoms with Crippen molar-refractivity contribution in [1.29, 1.82) is 0 Å². The van der Waals surface area contributed by atoms with Gasteiger partial charge in [0.25, 0.3) is 0 Å². The number of hydrogen-bond donors (Lipinski definition) is 2. The Morgan fingerprint density at radius 2 is 2.00 bits per heavy atom. The number of aryl methyl sites for hydroxylation is 2. The van der Waals surface area contributed by atoms with Crippen LogP contribution >= 0.6 is 24.0 Å². The molecule has 1 aliphatic heterocycles. The summed E-state index contributed by atoms with van der Waals surface area (Å²) in [5.74, 6) is 1.92. The third-order valence-electron chi connectivity index (χ3n) is 5.12. The Balaban J connectivity index is 0.00000261. The molecule has 0 atom stereocenters. The van der Waals surface area contributed by atoms with Crippen molar-refractivity contribution < 1.29 is 0 Å². The second kappa shape index (κ2) is 9.91. The molecule has 0 aromatic carbocycles. The average Bonchev–Trinajstić information content (AvgIpc) is 2.91. The van der Waals surface area contributed by atoms with E-state index in [0.29, 0.717) is 6.04 Å². The van der Waals surface area contributed by atoms with Gasteiger partial charge in [-0.3, -0.25) is 9.67 Å². The maximum atomic E-state index is 4.47. The number of aromatic nitrogens is 3. The summed E-state index contributed by atoms with van der Waals surface area (Å²) in [5, 5.41) is 11.5. The summed E-state index contributed by atoms with van der Waals surface area (Å²) in [6.45, 7) is 6.89. The first-order valence-electron chi connectivity index (χ1n) is 9.20. The summed E-state index contributed by atoms with van der Waals surface area (Å²) in [7, 11) is 3.80. The van der Waals surface area contributed by atoms with Gasteiger partial charge in [-0.15, -0.1) is 24.0 Å². The third kappa shape index (κ3) is 5.33. The molecule has 0 bridgehead atoms. The third-order valence-corrected chi connectivity index (χ3v) is 5.12. The van der Waals surface area contributed by atoms with Crippen LogP contribution in [0.2, 0.25) is 0 Å². The van der Waals surface area contributed by atoms with Crippen LogP contribution < -0.4 is 15.5 Å². The first-order chi connectivity index (χ1) is 12.6. The van der Waals surface area contributed by atoms with Crippen LogP contribution in [0.3, 0.4) is 0 Å². The van der Waals surface area contributed by atoms with Gasteiger partial charge in [0.2, 0.25) is 0 Å². The van der Waals surface area contributed by atoms with E-state index in [-0.39, 0.29) is 24.0 Å². The summed E-state index contributed by atoms with van der Waals surface area (Å²) in [6.07, 6.45) is 4.00. The second-order valence-electron chi connectivity index (χ2n) is 6.79. The van der Waals surface area contributed by atoms with Gasteiger partial charge in [-0.1, -0.05) is 6.07 Å². The molecule has 8 heteroatoms. The molecule has 1 aliphatic rings. The number of pyridine rings is 1. The van der Waals surface area contributed by atoms with Crippen LogP contribution in [0.15, 0.2) is 29.4 Å². The number of nitrogens with zero attached hydrogens (tertiary/aromatic N) is 5. The normalized spacial score (nSPS) is 15.4. The lowest BCUT2D eigenvalue weighted by molar-refractivity contribution is 0.459. The van der Waals surface area contributed by atoms with Gasteiger partial charge in [0, 0.05) is 57.2 Å². The van der Waals surface area contributed by atoms with Crippen molar-refractivity contribution in [2.75, 3.05) is 25.0 Å². The highest BCUT2D eigenvalue weighted by Gasteiger charge is 2.21. The smallest absolute Gasteiger partial charge is 0.191 e. The van der Waals surface area contributed by atoms with E-state index < -0.39 is 0 Å². The number of halogens is 1. The zero-order valence-corrected chi connectivity index (χ0v) is 18.9. The Morgan fingerprint density at radius 3 is 2.56 bits per heavy atom. The molecule has 0 unspecified atom stereocenters. The lowest BCUT2D eigenvalue weighted by Crippen LogP contribution is -2.48. The topological polar surface area (TPSA) is 70.4 Å². The molecule has 2 N–H and O–H groups in total. The molecule has 0 radical (unpaired) electrons. The summed E-state index contributed by atoms with van der Waals surface area (Å²) in [6, 6.07) is 6.50. The molecule has 0 amide bonds. The highest BCUT2D eigenvalue weighted by atomic mass is 127. The highest BCUT2D eigenvalue weighted by molar-refractivity contribution is 14.0. The van der Waals surface area contributed by atoms with Crippen LogP contribution in [0, 0.1) is 13.8 Å². The number of anilines is 1. The quantitative estimate of drug-likeness (QED) is 0.397. The molecule has 0 aliphatic carbocycles. The number of rotatable bonds is 4. The van der Waals surface area contributed by atoms with Crippen molar-refractivity contribution in [1.82, 2.24) is 25.4 Å². The van der Waals surface area contributed by atoms with E-state index in [1.54, 1.807) is 0 Å². The first kappa shape index (κ1) is 21.5. The van der Waals surface area contributed by atoms with Crippen molar-refractivity contribution in [2.45, 2.75) is 39.3 Å². The number of aliphatic imine (C=N–C) groups is 1. The van der Waals surface area contributed by atoms with Gasteiger partial charge in [0.1, 0.15) is 5.82 Å². The van der Waals surface area contributed by atoms with Crippen molar-refractivity contribution in [3.63, 3.8) is 0 Å². The highest BCUT2D eigenvalue weighted by Crippen LogP contribution is 2.17. The Kier molecular flexibility index (Phi) is 7.88. The molecule has 148 valence electrons. The van der Waals surface area contributed by atoms with Crippen molar-refractivity contribution in [3.8, 4) is 0 Å². The number of hydrogen-bond acceptors (Lipinski definition) is 4. The van der Waals surface area contributed by atoms with Crippen LogP contribution in [0.4, 0.5) is 5.82 Å². The van der Waals surface area contributed by atoms with E-state index in [0.717, 1.165) is 49.9 Å². The van der Waals surface area contributed by atoms with Crippen molar-refractivity contribution in [3.05, 3.63) is 41.3 Å². The second-order valence-corrected chi connectivity index (χ2v) is 6.79. The van der Waals surface area contributed by atoms with E-state index in [4.69, 9.17) is 0 Å². The molecule has 0 spiro atoms. The minimum Gasteiger partial charge on any atom is -0.356 e. The van der Waals surface area contributed by atoms with Gasteiger partial charge in [0.05, 0.1) is 5.69 Å². The van der Waals surface area contributed by atoms with E-state index >= 15 is 0 Å². The fraction of sp³-hybridized carbons (Fsp3) is 0.526. The molecule has 3 rings (SSSR count). The van der Waals surface area contributed by atoms with Crippen LogP contribution in [0.5, 0.6) is 0 Å². The van der Waals surface area contributed by atoms with E-state index in [1.807, 2.05) is 44.0 Å². The summed E-state index contributed by atoms with van der Waals surface area (Å²) < 4.78 is 1.93. The van der Waals surface area contributed by atoms with E-state index in [9.17, 15) is 0 Å². The van der Waals surface area contributed by atoms with Crippen LogP contribution in [0.25, 0.3) is 0 Å². The van der Waals surface area contributed by atoms with Gasteiger partial charge >= 0.3 is 0 Å². The maximum Gasteiger partial charge on any atom is 0.191 e. The standard InChI is InChI=1S/C19H29N7.HI/c1-14-17(15(2)25(4)24-14)13-22-19(20-3)23-16-8-11-26(12-9-16)18-7-5-6-10-21-18;/h5-7,10,16H,8-9,11-13H2,1-4H3,(H2,20,22,23);1H. The fourth-order valence-corrected chi connectivity index (χ4v) is 3.43. The van der Waals surface area contributed by atoms with Gasteiger partial charge in [-0.25, -0.2) is 4.98 Å². The minimum absolute atomic E-state index is 0. The summed E-state index contributed by atoms with van der Waals surface area (Å²) in [5.41, 5.74) is 3.49. The van der Waals surface area contributed by atoms with Gasteiger partial charge in [-0.05, 0) is 38.8 Å². The fourth-order valence-electron chi connectivity index (χ4n) is 3.43.